The molecule has 0 saturated carbocycles. The number of rotatable bonds is 9. The first-order valence-corrected chi connectivity index (χ1v) is 12.8. The second kappa shape index (κ2) is 11.6. The highest BCUT2D eigenvalue weighted by atomic mass is 16.6. The van der Waals surface area contributed by atoms with Crippen molar-refractivity contribution in [3.05, 3.63) is 53.6 Å². The van der Waals surface area contributed by atoms with Gasteiger partial charge < -0.3 is 24.0 Å². The maximum absolute atomic E-state index is 13.4. The molecule has 36 heavy (non-hydrogen) atoms. The number of benzene rings is 2. The number of para-hydroxylation sites is 1. The van der Waals surface area contributed by atoms with Crippen LogP contribution in [0.25, 0.3) is 0 Å². The van der Waals surface area contributed by atoms with Crippen LogP contribution in [0.1, 0.15) is 49.5 Å². The Labute approximate surface area is 213 Å². The van der Waals surface area contributed by atoms with E-state index in [9.17, 15) is 9.59 Å². The molecule has 8 heteroatoms. The van der Waals surface area contributed by atoms with Crippen molar-refractivity contribution in [2.75, 3.05) is 44.7 Å². The molecule has 2 heterocycles. The van der Waals surface area contributed by atoms with Crippen LogP contribution in [0.4, 0.5) is 10.5 Å². The molecule has 2 aromatic rings. The number of amides is 2. The average Bonchev–Trinajstić information content (AvgIpc) is 2.91. The van der Waals surface area contributed by atoms with E-state index < -0.39 is 0 Å². The van der Waals surface area contributed by atoms with Gasteiger partial charge in [0, 0.05) is 37.3 Å². The van der Waals surface area contributed by atoms with Gasteiger partial charge in [0.05, 0.1) is 18.4 Å². The number of ether oxygens (including phenoxy) is 3. The molecule has 1 atom stereocenters. The Hall–Kier alpha value is -3.26. The Balaban J connectivity index is 1.40. The van der Waals surface area contributed by atoms with Gasteiger partial charge in [-0.25, -0.2) is 4.79 Å². The molecule has 1 saturated heterocycles. The van der Waals surface area contributed by atoms with E-state index in [1.807, 2.05) is 42.2 Å². The van der Waals surface area contributed by atoms with Gasteiger partial charge in [-0.1, -0.05) is 32.0 Å². The fourth-order valence-corrected chi connectivity index (χ4v) is 5.06. The quantitative estimate of drug-likeness (QED) is 0.508. The number of nitrogens with zero attached hydrogens (tertiary/aromatic N) is 3. The first-order valence-electron chi connectivity index (χ1n) is 12.8. The number of cyclic esters (lactones) is 1. The molecule has 194 valence electrons. The van der Waals surface area contributed by atoms with Gasteiger partial charge in [0.1, 0.15) is 24.2 Å². The summed E-state index contributed by atoms with van der Waals surface area (Å²) in [5, 5.41) is 0. The van der Waals surface area contributed by atoms with Crippen molar-refractivity contribution in [2.45, 2.75) is 52.4 Å². The molecule has 8 nitrogen and oxygen atoms in total. The van der Waals surface area contributed by atoms with Crippen molar-refractivity contribution in [2.24, 2.45) is 0 Å². The van der Waals surface area contributed by atoms with E-state index in [1.54, 1.807) is 24.1 Å². The molecular formula is C28H37N3O5. The summed E-state index contributed by atoms with van der Waals surface area (Å²) in [6.07, 6.45) is 1.07. The van der Waals surface area contributed by atoms with Crippen molar-refractivity contribution in [1.29, 1.82) is 0 Å². The van der Waals surface area contributed by atoms with E-state index in [-0.39, 0.29) is 24.1 Å². The summed E-state index contributed by atoms with van der Waals surface area (Å²) in [6.45, 7) is 10.5. The number of carbonyl (C=O) groups is 2. The molecule has 0 spiro atoms. The van der Waals surface area contributed by atoms with E-state index in [4.69, 9.17) is 14.2 Å². The third-order valence-electron chi connectivity index (χ3n) is 7.07. The molecule has 0 aromatic heterocycles. The molecule has 2 aromatic carbocycles. The Morgan fingerprint density at radius 2 is 1.86 bits per heavy atom. The number of piperidine rings is 1. The van der Waals surface area contributed by atoms with E-state index in [0.29, 0.717) is 49.6 Å². The van der Waals surface area contributed by atoms with Crippen LogP contribution in [-0.4, -0.2) is 73.8 Å². The van der Waals surface area contributed by atoms with Gasteiger partial charge in [0.15, 0.2) is 0 Å². The normalized spacial score (nSPS) is 17.0. The lowest BCUT2D eigenvalue weighted by Crippen LogP contribution is -2.50. The zero-order valence-corrected chi connectivity index (χ0v) is 21.7. The second-order valence-corrected chi connectivity index (χ2v) is 9.35. The van der Waals surface area contributed by atoms with Gasteiger partial charge in [-0.15, -0.1) is 0 Å². The molecule has 2 aliphatic rings. The average molecular weight is 496 g/mol. The van der Waals surface area contributed by atoms with Crippen molar-refractivity contribution in [3.63, 3.8) is 0 Å². The first-order chi connectivity index (χ1) is 17.4. The molecule has 0 radical (unpaired) electrons. The molecule has 2 amide bonds. The predicted octanol–water partition coefficient (Wildman–Crippen LogP) is 4.57. The predicted molar refractivity (Wildman–Crippen MR) is 139 cm³/mol. The smallest absolute Gasteiger partial charge is 0.414 e. The van der Waals surface area contributed by atoms with Gasteiger partial charge in [-0.3, -0.25) is 9.69 Å². The van der Waals surface area contributed by atoms with Gasteiger partial charge in [-0.05, 0) is 51.1 Å². The summed E-state index contributed by atoms with van der Waals surface area (Å²) in [5.41, 5.74) is 2.43. The third-order valence-corrected chi connectivity index (χ3v) is 7.07. The Bertz CT molecular complexity index is 1060. The van der Waals surface area contributed by atoms with Crippen molar-refractivity contribution in [3.8, 4) is 11.5 Å². The highest BCUT2D eigenvalue weighted by Gasteiger charge is 2.35. The molecule has 4 rings (SSSR count). The van der Waals surface area contributed by atoms with Gasteiger partial charge in [-0.2, -0.15) is 0 Å². The minimum absolute atomic E-state index is 0.00651. The lowest BCUT2D eigenvalue weighted by Gasteiger charge is -2.40. The summed E-state index contributed by atoms with van der Waals surface area (Å²) < 4.78 is 17.1. The Morgan fingerprint density at radius 3 is 2.56 bits per heavy atom. The molecule has 0 bridgehead atoms. The number of anilines is 1. The van der Waals surface area contributed by atoms with Crippen LogP contribution < -0.4 is 14.4 Å². The van der Waals surface area contributed by atoms with Crippen LogP contribution >= 0.6 is 0 Å². The molecule has 0 aliphatic carbocycles. The maximum atomic E-state index is 13.4. The van der Waals surface area contributed by atoms with Crippen molar-refractivity contribution in [1.82, 2.24) is 9.80 Å². The number of fused-ring (bicyclic) bond motifs is 1. The minimum Gasteiger partial charge on any atom is -0.496 e. The minimum atomic E-state index is -0.314. The fourth-order valence-electron chi connectivity index (χ4n) is 5.06. The van der Waals surface area contributed by atoms with Gasteiger partial charge >= 0.3 is 6.09 Å². The Kier molecular flexibility index (Phi) is 8.36. The van der Waals surface area contributed by atoms with Crippen LogP contribution in [0.3, 0.4) is 0 Å². The maximum Gasteiger partial charge on any atom is 0.414 e. The largest absolute Gasteiger partial charge is 0.496 e. The summed E-state index contributed by atoms with van der Waals surface area (Å²) >= 11 is 0. The first kappa shape index (κ1) is 25.8. The highest BCUT2D eigenvalue weighted by Crippen LogP contribution is 2.33. The second-order valence-electron chi connectivity index (χ2n) is 9.35. The lowest BCUT2D eigenvalue weighted by atomic mass is 10.00. The van der Waals surface area contributed by atoms with Gasteiger partial charge in [0.25, 0.3) is 5.91 Å². The molecule has 1 fully saturated rings. The fraction of sp³-hybridized carbons (Fsp3) is 0.500. The SMILES string of the molecule is CCN(CC)CC(C)Oc1ccc(C(=O)N2CCC(N3C(=O)OCc4ccccc43)CC2)c(OC)c1. The summed E-state index contributed by atoms with van der Waals surface area (Å²) in [6, 6.07) is 13.2. The van der Waals surface area contributed by atoms with Crippen LogP contribution in [-0.2, 0) is 11.3 Å². The van der Waals surface area contributed by atoms with Crippen LogP contribution in [0.5, 0.6) is 11.5 Å². The van der Waals surface area contributed by atoms with Crippen LogP contribution in [0.15, 0.2) is 42.5 Å². The number of methoxy groups -OCH3 is 1. The number of likely N-dealkylation sites (tertiary alicyclic amines) is 1. The van der Waals surface area contributed by atoms with Crippen LogP contribution in [0.2, 0.25) is 0 Å². The molecule has 1 unspecified atom stereocenters. The molecule has 2 aliphatic heterocycles. The number of likely N-dealkylation sites (N-methyl/N-ethyl adjacent to an activating group) is 1. The van der Waals surface area contributed by atoms with E-state index >= 15 is 0 Å². The summed E-state index contributed by atoms with van der Waals surface area (Å²) in [4.78, 5) is 31.8. The highest BCUT2D eigenvalue weighted by molar-refractivity contribution is 5.97. The monoisotopic (exact) mass is 495 g/mol. The summed E-state index contributed by atoms with van der Waals surface area (Å²) in [5.74, 6) is 1.11. The summed E-state index contributed by atoms with van der Waals surface area (Å²) in [7, 11) is 1.57. The topological polar surface area (TPSA) is 71.6 Å². The van der Waals surface area contributed by atoms with Crippen LogP contribution in [0, 0.1) is 0 Å². The van der Waals surface area contributed by atoms with Crippen molar-refractivity contribution < 1.29 is 23.8 Å². The Morgan fingerprint density at radius 1 is 1.14 bits per heavy atom. The number of hydrogen-bond donors (Lipinski definition) is 0. The zero-order valence-electron chi connectivity index (χ0n) is 21.7. The van der Waals surface area contributed by atoms with Crippen molar-refractivity contribution >= 4 is 17.7 Å². The zero-order chi connectivity index (χ0) is 25.7. The molecule has 0 N–H and O–H groups in total. The van der Waals surface area contributed by atoms with E-state index in [1.165, 1.54) is 0 Å². The molecular weight excluding hydrogens is 458 g/mol. The van der Waals surface area contributed by atoms with E-state index in [2.05, 4.69) is 18.7 Å². The number of carbonyl (C=O) groups excluding carboxylic acids is 2. The standard InChI is InChI=1S/C28H37N3O5/c1-5-29(6-2)18-20(3)36-23-11-12-24(26(17-23)34-4)27(32)30-15-13-22(14-16-30)31-25-10-8-7-9-21(25)19-35-28(31)33/h7-12,17,20,22H,5-6,13-16,18-19H2,1-4H3. The lowest BCUT2D eigenvalue weighted by molar-refractivity contribution is 0.0705. The van der Waals surface area contributed by atoms with E-state index in [0.717, 1.165) is 30.9 Å². The number of hydrogen-bond acceptors (Lipinski definition) is 6. The van der Waals surface area contributed by atoms with Gasteiger partial charge in [0.2, 0.25) is 0 Å². The third kappa shape index (κ3) is 5.59.